The van der Waals surface area contributed by atoms with Gasteiger partial charge in [-0.15, -0.1) is 0 Å². The van der Waals surface area contributed by atoms with E-state index in [4.69, 9.17) is 4.52 Å². The van der Waals surface area contributed by atoms with E-state index in [2.05, 4.69) is 15.5 Å². The van der Waals surface area contributed by atoms with Crippen molar-refractivity contribution in [1.29, 1.82) is 0 Å². The number of nitrogens with zero attached hydrogens (tertiary/aromatic N) is 2. The molecule has 1 aliphatic rings. The van der Waals surface area contributed by atoms with E-state index < -0.39 is 0 Å². The van der Waals surface area contributed by atoms with Crippen LogP contribution in [0.25, 0.3) is 11.4 Å². The molecule has 25 heavy (non-hydrogen) atoms. The van der Waals surface area contributed by atoms with Gasteiger partial charge >= 0.3 is 0 Å². The number of aromatic nitrogens is 2. The zero-order valence-electron chi connectivity index (χ0n) is 14.6. The summed E-state index contributed by atoms with van der Waals surface area (Å²) < 4.78 is 5.01. The number of nitrogens with one attached hydrogen (secondary N) is 1. The number of benzene rings is 1. The van der Waals surface area contributed by atoms with Crippen LogP contribution in [0.4, 0.5) is 0 Å². The first kappa shape index (κ1) is 17.6. The number of aryl methyl sites for hydroxylation is 1. The monoisotopic (exact) mass is 343 g/mol. The first-order valence-corrected chi connectivity index (χ1v) is 9.00. The Morgan fingerprint density at radius 2 is 2.16 bits per heavy atom. The van der Waals surface area contributed by atoms with Crippen molar-refractivity contribution in [2.75, 3.05) is 6.61 Å². The summed E-state index contributed by atoms with van der Waals surface area (Å²) in [5.74, 6) is 1.30. The molecule has 0 radical (unpaired) electrons. The van der Waals surface area contributed by atoms with Crippen LogP contribution in [0, 0.1) is 12.8 Å². The zero-order valence-corrected chi connectivity index (χ0v) is 14.6. The molecule has 1 aliphatic carbocycles. The summed E-state index contributed by atoms with van der Waals surface area (Å²) in [6.07, 6.45) is 6.51. The maximum atomic E-state index is 12.7. The second kappa shape index (κ2) is 8.25. The van der Waals surface area contributed by atoms with E-state index >= 15 is 0 Å². The molecule has 6 heteroatoms. The Hall–Kier alpha value is -2.21. The lowest BCUT2D eigenvalue weighted by molar-refractivity contribution is 0.0899. The highest BCUT2D eigenvalue weighted by Gasteiger charge is 2.25. The Morgan fingerprint density at radius 3 is 2.84 bits per heavy atom. The molecular formula is C19H25N3O3. The molecule has 2 aromatic rings. The molecule has 1 aromatic heterocycles. The van der Waals surface area contributed by atoms with Crippen molar-refractivity contribution in [3.05, 3.63) is 35.7 Å². The van der Waals surface area contributed by atoms with Crippen LogP contribution in [0.1, 0.15) is 54.8 Å². The summed E-state index contributed by atoms with van der Waals surface area (Å²) in [5, 5.41) is 16.4. The van der Waals surface area contributed by atoms with Crippen molar-refractivity contribution in [2.24, 2.45) is 5.92 Å². The van der Waals surface area contributed by atoms with Gasteiger partial charge in [-0.3, -0.25) is 4.79 Å². The van der Waals surface area contributed by atoms with Crippen LogP contribution in [0.3, 0.4) is 0 Å². The van der Waals surface area contributed by atoms with Crippen LogP contribution in [-0.4, -0.2) is 33.8 Å². The van der Waals surface area contributed by atoms with Crippen LogP contribution in [-0.2, 0) is 0 Å². The molecule has 1 saturated carbocycles. The van der Waals surface area contributed by atoms with Gasteiger partial charge in [0.05, 0.1) is 0 Å². The number of amides is 1. The van der Waals surface area contributed by atoms with Crippen molar-refractivity contribution in [1.82, 2.24) is 15.5 Å². The van der Waals surface area contributed by atoms with Gasteiger partial charge in [0, 0.05) is 30.7 Å². The van der Waals surface area contributed by atoms with Crippen LogP contribution in [0.15, 0.2) is 28.8 Å². The lowest BCUT2D eigenvalue weighted by Gasteiger charge is -2.30. The van der Waals surface area contributed by atoms with E-state index in [0.717, 1.165) is 18.4 Å². The topological polar surface area (TPSA) is 88.2 Å². The largest absolute Gasteiger partial charge is 0.396 e. The van der Waals surface area contributed by atoms with Crippen LogP contribution in [0.2, 0.25) is 0 Å². The van der Waals surface area contributed by atoms with Crippen molar-refractivity contribution in [3.63, 3.8) is 0 Å². The van der Waals surface area contributed by atoms with E-state index in [1.54, 1.807) is 19.1 Å². The Balaban J connectivity index is 1.72. The lowest BCUT2D eigenvalue weighted by atomic mass is 9.82. The summed E-state index contributed by atoms with van der Waals surface area (Å²) in [6, 6.07) is 7.25. The number of hydrogen-bond donors (Lipinski definition) is 2. The molecule has 1 aromatic carbocycles. The first-order chi connectivity index (χ1) is 12.2. The van der Waals surface area contributed by atoms with Crippen molar-refractivity contribution >= 4 is 5.91 Å². The predicted molar refractivity (Wildman–Crippen MR) is 94.0 cm³/mol. The third-order valence-electron chi connectivity index (χ3n) is 4.89. The fourth-order valence-corrected chi connectivity index (χ4v) is 3.57. The molecule has 3 rings (SSSR count). The second-order valence-electron chi connectivity index (χ2n) is 6.71. The number of rotatable bonds is 6. The number of aliphatic hydroxyl groups is 1. The first-order valence-electron chi connectivity index (χ1n) is 9.00. The van der Waals surface area contributed by atoms with Crippen molar-refractivity contribution in [3.8, 4) is 11.4 Å². The summed E-state index contributed by atoms with van der Waals surface area (Å²) in [4.78, 5) is 16.9. The molecule has 1 unspecified atom stereocenters. The zero-order chi connectivity index (χ0) is 17.6. The Kier molecular flexibility index (Phi) is 5.81. The average molecular weight is 343 g/mol. The second-order valence-corrected chi connectivity index (χ2v) is 6.71. The quantitative estimate of drug-likeness (QED) is 0.841. The van der Waals surface area contributed by atoms with Gasteiger partial charge in [-0.05, 0) is 37.3 Å². The maximum absolute atomic E-state index is 12.7. The predicted octanol–water partition coefficient (Wildman–Crippen LogP) is 3.11. The molecule has 0 aliphatic heterocycles. The van der Waals surface area contributed by atoms with Crippen LogP contribution >= 0.6 is 0 Å². The minimum Gasteiger partial charge on any atom is -0.396 e. The van der Waals surface area contributed by atoms with Gasteiger partial charge in [-0.1, -0.05) is 36.6 Å². The van der Waals surface area contributed by atoms with Crippen LogP contribution in [0.5, 0.6) is 0 Å². The average Bonchev–Trinajstić information content (AvgIpc) is 3.08. The number of carbonyl (C=O) groups excluding carboxylic acids is 1. The third kappa shape index (κ3) is 4.45. The summed E-state index contributed by atoms with van der Waals surface area (Å²) in [5.41, 5.74) is 1.32. The van der Waals surface area contributed by atoms with Gasteiger partial charge in [-0.25, -0.2) is 0 Å². The Bertz CT molecular complexity index is 707. The molecule has 0 saturated heterocycles. The molecule has 1 heterocycles. The minimum atomic E-state index is -0.119. The van der Waals surface area contributed by atoms with Gasteiger partial charge in [0.1, 0.15) is 0 Å². The molecule has 0 bridgehead atoms. The summed E-state index contributed by atoms with van der Waals surface area (Å²) in [6.45, 7) is 1.82. The number of hydrogen-bond acceptors (Lipinski definition) is 5. The highest BCUT2D eigenvalue weighted by atomic mass is 16.5. The third-order valence-corrected chi connectivity index (χ3v) is 4.89. The van der Waals surface area contributed by atoms with Gasteiger partial charge in [-0.2, -0.15) is 4.98 Å². The maximum Gasteiger partial charge on any atom is 0.251 e. The van der Waals surface area contributed by atoms with Gasteiger partial charge in [0.25, 0.3) is 5.91 Å². The summed E-state index contributed by atoms with van der Waals surface area (Å²) in [7, 11) is 0. The fraction of sp³-hybridized carbons (Fsp3) is 0.526. The van der Waals surface area contributed by atoms with E-state index in [9.17, 15) is 9.90 Å². The molecule has 1 atom stereocenters. The molecule has 134 valence electrons. The molecule has 1 amide bonds. The fourth-order valence-electron chi connectivity index (χ4n) is 3.57. The molecular weight excluding hydrogens is 318 g/mol. The Morgan fingerprint density at radius 1 is 1.36 bits per heavy atom. The van der Waals surface area contributed by atoms with Crippen LogP contribution < -0.4 is 5.32 Å². The molecule has 6 nitrogen and oxygen atoms in total. The molecule has 2 N–H and O–H groups in total. The molecule has 0 spiro atoms. The minimum absolute atomic E-state index is 0.0221. The van der Waals surface area contributed by atoms with Gasteiger partial charge in [0.2, 0.25) is 11.7 Å². The highest BCUT2D eigenvalue weighted by molar-refractivity contribution is 5.95. The van der Waals surface area contributed by atoms with Gasteiger partial charge < -0.3 is 14.9 Å². The number of carbonyl (C=O) groups is 1. The van der Waals surface area contributed by atoms with Crippen molar-refractivity contribution < 1.29 is 14.4 Å². The van der Waals surface area contributed by atoms with E-state index in [-0.39, 0.29) is 18.6 Å². The SMILES string of the molecule is Cc1nc(-c2cccc(C(=O)NC(CCO)C3CCCCC3)c2)no1. The standard InChI is InChI=1S/C19H25N3O3/c1-13-20-18(22-25-13)15-8-5-9-16(12-15)19(24)21-17(10-11-23)14-6-3-2-4-7-14/h5,8-9,12,14,17,23H,2-4,6-7,10-11H2,1H3,(H,21,24). The van der Waals surface area contributed by atoms with Crippen molar-refractivity contribution in [2.45, 2.75) is 51.5 Å². The van der Waals surface area contributed by atoms with E-state index in [1.165, 1.54) is 19.3 Å². The summed E-state index contributed by atoms with van der Waals surface area (Å²) >= 11 is 0. The van der Waals surface area contributed by atoms with E-state index in [1.807, 2.05) is 12.1 Å². The number of aliphatic hydroxyl groups excluding tert-OH is 1. The van der Waals surface area contributed by atoms with E-state index in [0.29, 0.717) is 29.6 Å². The van der Waals surface area contributed by atoms with Gasteiger partial charge in [0.15, 0.2) is 0 Å². The normalized spacial score (nSPS) is 16.6. The Labute approximate surface area is 147 Å². The highest BCUT2D eigenvalue weighted by Crippen LogP contribution is 2.28. The lowest BCUT2D eigenvalue weighted by Crippen LogP contribution is -2.41. The smallest absolute Gasteiger partial charge is 0.251 e. The molecule has 1 fully saturated rings.